The number of hydrogen-bond donors (Lipinski definition) is 0. The van der Waals surface area contributed by atoms with Gasteiger partial charge in [0.05, 0.1) is 24.2 Å². The molecule has 0 aromatic carbocycles. The fourth-order valence-electron chi connectivity index (χ4n) is 2.72. The Labute approximate surface area is 91.1 Å². The van der Waals surface area contributed by atoms with E-state index in [9.17, 15) is 4.79 Å². The molecule has 0 bridgehead atoms. The standard InChI is InChI=1S/C12H20O3/c1-6-14-10(13)8-7(11(8,2)3)9-12(4,5)15-9/h7-9H,6H2,1-5H3/t7-,8+,9+/m0/s1. The van der Waals surface area contributed by atoms with Gasteiger partial charge < -0.3 is 9.47 Å². The van der Waals surface area contributed by atoms with Crippen molar-refractivity contribution < 1.29 is 14.3 Å². The van der Waals surface area contributed by atoms with E-state index in [-0.39, 0.29) is 29.0 Å². The first kappa shape index (κ1) is 10.9. The minimum atomic E-state index is -0.0567. The number of rotatable bonds is 3. The van der Waals surface area contributed by atoms with Crippen LogP contribution in [0.2, 0.25) is 0 Å². The summed E-state index contributed by atoms with van der Waals surface area (Å²) in [6, 6.07) is 0. The van der Waals surface area contributed by atoms with Crippen molar-refractivity contribution >= 4 is 5.97 Å². The Bertz CT molecular complexity index is 293. The van der Waals surface area contributed by atoms with Gasteiger partial charge in [-0.25, -0.2) is 0 Å². The Morgan fingerprint density at radius 1 is 1.33 bits per heavy atom. The van der Waals surface area contributed by atoms with Gasteiger partial charge in [-0.1, -0.05) is 13.8 Å². The highest BCUT2D eigenvalue weighted by Gasteiger charge is 2.73. The third kappa shape index (κ3) is 1.57. The van der Waals surface area contributed by atoms with Crippen molar-refractivity contribution in [3.05, 3.63) is 0 Å². The Balaban J connectivity index is 2.01. The second-order valence-corrected chi connectivity index (χ2v) is 5.72. The average molecular weight is 212 g/mol. The molecule has 1 aliphatic carbocycles. The van der Waals surface area contributed by atoms with E-state index in [1.807, 2.05) is 6.92 Å². The van der Waals surface area contributed by atoms with E-state index in [1.165, 1.54) is 0 Å². The Kier molecular flexibility index (Phi) is 2.16. The summed E-state index contributed by atoms with van der Waals surface area (Å²) in [4.78, 5) is 11.7. The van der Waals surface area contributed by atoms with Crippen molar-refractivity contribution in [3.8, 4) is 0 Å². The third-order valence-electron chi connectivity index (χ3n) is 3.84. The largest absolute Gasteiger partial charge is 0.466 e. The van der Waals surface area contributed by atoms with Crippen LogP contribution in [0.5, 0.6) is 0 Å². The van der Waals surface area contributed by atoms with Crippen LogP contribution in [0, 0.1) is 17.3 Å². The summed E-state index contributed by atoms with van der Waals surface area (Å²) in [5.74, 6) is 0.314. The lowest BCUT2D eigenvalue weighted by atomic mass is 10.0. The van der Waals surface area contributed by atoms with Crippen LogP contribution >= 0.6 is 0 Å². The van der Waals surface area contributed by atoms with Gasteiger partial charge in [0.15, 0.2) is 0 Å². The summed E-state index contributed by atoms with van der Waals surface area (Å²) < 4.78 is 10.7. The molecule has 1 heterocycles. The van der Waals surface area contributed by atoms with E-state index < -0.39 is 0 Å². The van der Waals surface area contributed by atoms with Gasteiger partial charge in [0.1, 0.15) is 0 Å². The number of esters is 1. The summed E-state index contributed by atoms with van der Waals surface area (Å²) in [5.41, 5.74) is 0.00781. The van der Waals surface area contributed by atoms with Crippen LogP contribution in [0.15, 0.2) is 0 Å². The number of carbonyl (C=O) groups is 1. The van der Waals surface area contributed by atoms with E-state index in [1.54, 1.807) is 0 Å². The Morgan fingerprint density at radius 2 is 1.87 bits per heavy atom. The first-order valence-corrected chi connectivity index (χ1v) is 5.67. The van der Waals surface area contributed by atoms with Gasteiger partial charge in [0.2, 0.25) is 0 Å². The summed E-state index contributed by atoms with van der Waals surface area (Å²) >= 11 is 0. The summed E-state index contributed by atoms with van der Waals surface area (Å²) in [7, 11) is 0. The Hall–Kier alpha value is -0.570. The third-order valence-corrected chi connectivity index (χ3v) is 3.84. The van der Waals surface area contributed by atoms with E-state index >= 15 is 0 Å². The predicted molar refractivity (Wildman–Crippen MR) is 56.3 cm³/mol. The van der Waals surface area contributed by atoms with E-state index in [0.29, 0.717) is 12.5 Å². The molecule has 0 radical (unpaired) electrons. The van der Waals surface area contributed by atoms with Crippen LogP contribution in [0.25, 0.3) is 0 Å². The molecule has 3 heteroatoms. The van der Waals surface area contributed by atoms with Crippen LogP contribution in [-0.2, 0) is 14.3 Å². The molecule has 0 aromatic rings. The maximum absolute atomic E-state index is 11.7. The summed E-state index contributed by atoms with van der Waals surface area (Å²) in [6.07, 6.45) is 0.238. The van der Waals surface area contributed by atoms with Gasteiger partial charge in [-0.2, -0.15) is 0 Å². The first-order valence-electron chi connectivity index (χ1n) is 5.67. The highest BCUT2D eigenvalue weighted by Crippen LogP contribution is 2.66. The summed E-state index contributed by atoms with van der Waals surface area (Å²) in [6.45, 7) is 10.7. The normalized spacial score (nSPS) is 39.7. The maximum atomic E-state index is 11.7. The SMILES string of the molecule is CCOC(=O)[C@H]1[C@@H]([C@H]2OC2(C)C)C1(C)C. The van der Waals surface area contributed by atoms with E-state index in [0.717, 1.165) is 0 Å². The molecular weight excluding hydrogens is 192 g/mol. The van der Waals surface area contributed by atoms with Gasteiger partial charge in [-0.15, -0.1) is 0 Å². The molecule has 1 saturated heterocycles. The molecule has 1 saturated carbocycles. The van der Waals surface area contributed by atoms with Crippen LogP contribution in [0.3, 0.4) is 0 Å². The van der Waals surface area contributed by atoms with Gasteiger partial charge in [0.25, 0.3) is 0 Å². The molecule has 0 aromatic heterocycles. The van der Waals surface area contributed by atoms with Crippen LogP contribution < -0.4 is 0 Å². The van der Waals surface area contributed by atoms with Crippen LogP contribution in [0.4, 0.5) is 0 Å². The number of ether oxygens (including phenoxy) is 2. The lowest BCUT2D eigenvalue weighted by molar-refractivity contribution is -0.145. The molecule has 2 aliphatic rings. The zero-order chi connectivity index (χ0) is 11.4. The highest BCUT2D eigenvalue weighted by molar-refractivity contribution is 5.78. The number of carbonyl (C=O) groups excluding carboxylic acids is 1. The molecule has 2 fully saturated rings. The minimum absolute atomic E-state index is 0.0317. The van der Waals surface area contributed by atoms with Gasteiger partial charge in [0, 0.05) is 5.92 Å². The second-order valence-electron chi connectivity index (χ2n) is 5.72. The van der Waals surface area contributed by atoms with Crippen molar-refractivity contribution in [2.24, 2.45) is 17.3 Å². The van der Waals surface area contributed by atoms with Crippen molar-refractivity contribution in [1.82, 2.24) is 0 Å². The molecular formula is C12H20O3. The Morgan fingerprint density at radius 3 is 2.27 bits per heavy atom. The zero-order valence-corrected chi connectivity index (χ0v) is 10.2. The van der Waals surface area contributed by atoms with Crippen molar-refractivity contribution in [2.75, 3.05) is 6.61 Å². The quantitative estimate of drug-likeness (QED) is 0.530. The van der Waals surface area contributed by atoms with Gasteiger partial charge in [-0.05, 0) is 26.2 Å². The molecule has 3 nitrogen and oxygen atoms in total. The fourth-order valence-corrected chi connectivity index (χ4v) is 2.72. The molecule has 0 unspecified atom stereocenters. The fraction of sp³-hybridized carbons (Fsp3) is 0.917. The minimum Gasteiger partial charge on any atom is -0.466 e. The predicted octanol–water partition coefficient (Wildman–Crippen LogP) is 2.00. The molecule has 0 N–H and O–H groups in total. The molecule has 3 atom stereocenters. The van der Waals surface area contributed by atoms with Crippen molar-refractivity contribution in [3.63, 3.8) is 0 Å². The molecule has 2 rings (SSSR count). The smallest absolute Gasteiger partial charge is 0.309 e. The number of epoxide rings is 1. The van der Waals surface area contributed by atoms with Gasteiger partial charge in [-0.3, -0.25) is 4.79 Å². The molecule has 0 amide bonds. The molecule has 1 aliphatic heterocycles. The average Bonchev–Trinajstić information content (AvgIpc) is 2.86. The molecule has 0 spiro atoms. The maximum Gasteiger partial charge on any atom is 0.309 e. The summed E-state index contributed by atoms with van der Waals surface area (Å²) in [5, 5.41) is 0. The van der Waals surface area contributed by atoms with Gasteiger partial charge >= 0.3 is 5.97 Å². The topological polar surface area (TPSA) is 38.8 Å². The molecule has 86 valence electrons. The second kappa shape index (κ2) is 2.97. The molecule has 15 heavy (non-hydrogen) atoms. The number of hydrogen-bond acceptors (Lipinski definition) is 3. The lowest BCUT2D eigenvalue weighted by Crippen LogP contribution is -2.12. The van der Waals surface area contributed by atoms with Crippen molar-refractivity contribution in [2.45, 2.75) is 46.3 Å². The van der Waals surface area contributed by atoms with Crippen LogP contribution in [0.1, 0.15) is 34.6 Å². The lowest BCUT2D eigenvalue weighted by Gasteiger charge is -2.01. The van der Waals surface area contributed by atoms with Crippen molar-refractivity contribution in [1.29, 1.82) is 0 Å². The first-order chi connectivity index (χ1) is 6.82. The van der Waals surface area contributed by atoms with E-state index in [2.05, 4.69) is 27.7 Å². The van der Waals surface area contributed by atoms with E-state index in [4.69, 9.17) is 9.47 Å². The van der Waals surface area contributed by atoms with Crippen LogP contribution in [-0.4, -0.2) is 24.3 Å². The monoisotopic (exact) mass is 212 g/mol. The zero-order valence-electron chi connectivity index (χ0n) is 10.2. The highest BCUT2D eigenvalue weighted by atomic mass is 16.6.